The minimum Gasteiger partial charge on any atom is -0.351 e. The van der Waals surface area contributed by atoms with Gasteiger partial charge in [0, 0.05) is 20.6 Å². The van der Waals surface area contributed by atoms with Crippen LogP contribution in [0, 0.1) is 0 Å². The molecule has 0 unspecified atom stereocenters. The van der Waals surface area contributed by atoms with Gasteiger partial charge in [-0.25, -0.2) is 0 Å². The first kappa shape index (κ1) is 12.9. The highest BCUT2D eigenvalue weighted by atomic mass is 79.9. The Morgan fingerprint density at radius 1 is 1.25 bits per heavy atom. The molecule has 12 heavy (non-hydrogen) atoms. The van der Waals surface area contributed by atoms with E-state index in [4.69, 9.17) is 9.47 Å². The van der Waals surface area contributed by atoms with E-state index < -0.39 is 5.79 Å². The molecule has 0 heterocycles. The fourth-order valence-corrected chi connectivity index (χ4v) is 2.20. The molecule has 74 valence electrons. The average Bonchev–Trinajstić information content (AvgIpc) is 2.07. The van der Waals surface area contributed by atoms with Gasteiger partial charge in [0.15, 0.2) is 5.79 Å². The van der Waals surface area contributed by atoms with E-state index in [1.54, 1.807) is 14.2 Å². The van der Waals surface area contributed by atoms with Crippen molar-refractivity contribution in [2.75, 3.05) is 14.2 Å². The van der Waals surface area contributed by atoms with Crippen molar-refractivity contribution in [3.8, 4) is 0 Å². The summed E-state index contributed by atoms with van der Waals surface area (Å²) in [6.45, 7) is 2.15. The van der Waals surface area contributed by atoms with E-state index >= 15 is 0 Å². The molecule has 0 N–H and O–H groups in total. The molecule has 0 saturated carbocycles. The Labute approximate surface area is 91.3 Å². The zero-order valence-corrected chi connectivity index (χ0v) is 10.9. The lowest BCUT2D eigenvalue weighted by molar-refractivity contribution is -0.197. The van der Waals surface area contributed by atoms with Crippen LogP contribution in [0.3, 0.4) is 0 Å². The molecule has 0 amide bonds. The maximum Gasteiger partial charge on any atom is 0.190 e. The summed E-state index contributed by atoms with van der Waals surface area (Å²) in [5.74, 6) is -0.532. The monoisotopic (exact) mass is 302 g/mol. The smallest absolute Gasteiger partial charge is 0.190 e. The van der Waals surface area contributed by atoms with E-state index in [9.17, 15) is 0 Å². The molecule has 0 spiro atoms. The summed E-state index contributed by atoms with van der Waals surface area (Å²) in [7, 11) is 3.32. The van der Waals surface area contributed by atoms with E-state index in [0.717, 1.165) is 19.3 Å². The lowest BCUT2D eigenvalue weighted by Gasteiger charge is -2.32. The first-order valence-corrected chi connectivity index (χ1v) is 5.84. The van der Waals surface area contributed by atoms with E-state index in [1.165, 1.54) is 0 Å². The SMILES string of the molecule is CCCCC(OC)(OC)C(Br)Br. The Hall–Kier alpha value is 0.880. The molecule has 0 aromatic heterocycles. The molecular formula is C8H16Br2O2. The Morgan fingerprint density at radius 2 is 1.75 bits per heavy atom. The van der Waals surface area contributed by atoms with E-state index in [2.05, 4.69) is 38.8 Å². The number of halogens is 2. The second-order valence-electron chi connectivity index (χ2n) is 2.62. The van der Waals surface area contributed by atoms with Crippen molar-refractivity contribution in [3.05, 3.63) is 0 Å². The molecule has 0 aliphatic heterocycles. The lowest BCUT2D eigenvalue weighted by atomic mass is 10.1. The van der Waals surface area contributed by atoms with Crippen LogP contribution in [0.1, 0.15) is 26.2 Å². The molecule has 0 aromatic carbocycles. The van der Waals surface area contributed by atoms with Crippen LogP contribution in [0.4, 0.5) is 0 Å². The van der Waals surface area contributed by atoms with E-state index in [1.807, 2.05) is 0 Å². The third kappa shape index (κ3) is 3.32. The first-order chi connectivity index (χ1) is 5.63. The molecule has 2 nitrogen and oxygen atoms in total. The van der Waals surface area contributed by atoms with Crippen molar-refractivity contribution in [1.29, 1.82) is 0 Å². The fraction of sp³-hybridized carbons (Fsp3) is 1.00. The van der Waals surface area contributed by atoms with Crippen molar-refractivity contribution < 1.29 is 9.47 Å². The normalized spacial score (nSPS) is 12.5. The van der Waals surface area contributed by atoms with Gasteiger partial charge in [0.1, 0.15) is 3.74 Å². The number of hydrogen-bond donors (Lipinski definition) is 0. The van der Waals surface area contributed by atoms with Crippen LogP contribution in [0.5, 0.6) is 0 Å². The standard InChI is InChI=1S/C8H16Br2O2/c1-4-5-6-8(11-2,12-3)7(9)10/h7H,4-6H2,1-3H3. The van der Waals surface area contributed by atoms with Gasteiger partial charge in [0.25, 0.3) is 0 Å². The number of alkyl halides is 2. The summed E-state index contributed by atoms with van der Waals surface area (Å²) in [5, 5.41) is 0. The van der Waals surface area contributed by atoms with Gasteiger partial charge in [-0.3, -0.25) is 0 Å². The first-order valence-electron chi connectivity index (χ1n) is 4.01. The largest absolute Gasteiger partial charge is 0.351 e. The van der Waals surface area contributed by atoms with Gasteiger partial charge in [-0.2, -0.15) is 0 Å². The van der Waals surface area contributed by atoms with Gasteiger partial charge in [0.2, 0.25) is 0 Å². The zero-order chi connectivity index (χ0) is 9.61. The van der Waals surface area contributed by atoms with Crippen LogP contribution in [0.2, 0.25) is 0 Å². The maximum absolute atomic E-state index is 5.33. The van der Waals surface area contributed by atoms with Crippen molar-refractivity contribution in [1.82, 2.24) is 0 Å². The van der Waals surface area contributed by atoms with E-state index in [-0.39, 0.29) is 3.74 Å². The van der Waals surface area contributed by atoms with Crippen LogP contribution in [-0.4, -0.2) is 23.7 Å². The molecule has 0 aliphatic carbocycles. The highest BCUT2D eigenvalue weighted by Crippen LogP contribution is 2.32. The third-order valence-corrected chi connectivity index (χ3v) is 3.30. The molecule has 0 rings (SSSR count). The second-order valence-corrected chi connectivity index (χ2v) is 5.68. The Kier molecular flexibility index (Phi) is 6.82. The summed E-state index contributed by atoms with van der Waals surface area (Å²) < 4.78 is 10.7. The molecule has 0 radical (unpaired) electrons. The number of rotatable bonds is 6. The number of methoxy groups -OCH3 is 2. The van der Waals surface area contributed by atoms with Crippen LogP contribution in [0.25, 0.3) is 0 Å². The summed E-state index contributed by atoms with van der Waals surface area (Å²) >= 11 is 6.83. The molecule has 0 fully saturated rings. The van der Waals surface area contributed by atoms with Crippen molar-refractivity contribution in [3.63, 3.8) is 0 Å². The molecule has 4 heteroatoms. The van der Waals surface area contributed by atoms with Crippen LogP contribution in [0.15, 0.2) is 0 Å². The van der Waals surface area contributed by atoms with Crippen LogP contribution >= 0.6 is 31.9 Å². The van der Waals surface area contributed by atoms with Gasteiger partial charge in [-0.15, -0.1) is 0 Å². The molecular weight excluding hydrogens is 288 g/mol. The Bertz CT molecular complexity index is 114. The topological polar surface area (TPSA) is 18.5 Å². The Balaban J connectivity index is 4.15. The fourth-order valence-electron chi connectivity index (χ4n) is 0.998. The van der Waals surface area contributed by atoms with Gasteiger partial charge in [-0.05, 0) is 6.42 Å². The minimum absolute atomic E-state index is 0.0269. The highest BCUT2D eigenvalue weighted by Gasteiger charge is 2.35. The van der Waals surface area contributed by atoms with Gasteiger partial charge in [0.05, 0.1) is 0 Å². The molecule has 0 aliphatic rings. The van der Waals surface area contributed by atoms with Gasteiger partial charge >= 0.3 is 0 Å². The highest BCUT2D eigenvalue weighted by molar-refractivity contribution is 9.24. The lowest BCUT2D eigenvalue weighted by Crippen LogP contribution is -2.39. The quantitative estimate of drug-likeness (QED) is 0.554. The Morgan fingerprint density at radius 3 is 2.00 bits per heavy atom. The minimum atomic E-state index is -0.532. The predicted octanol–water partition coefficient (Wildman–Crippen LogP) is 3.28. The third-order valence-electron chi connectivity index (χ3n) is 1.90. The summed E-state index contributed by atoms with van der Waals surface area (Å²) in [4.78, 5) is 0. The molecule has 0 atom stereocenters. The number of hydrogen-bond acceptors (Lipinski definition) is 2. The van der Waals surface area contributed by atoms with Crippen LogP contribution in [-0.2, 0) is 9.47 Å². The summed E-state index contributed by atoms with van der Waals surface area (Å²) in [6, 6.07) is 0. The summed E-state index contributed by atoms with van der Waals surface area (Å²) in [5.41, 5.74) is 0. The predicted molar refractivity (Wildman–Crippen MR) is 57.9 cm³/mol. The number of ether oxygens (including phenoxy) is 2. The maximum atomic E-state index is 5.33. The van der Waals surface area contributed by atoms with E-state index in [0.29, 0.717) is 0 Å². The van der Waals surface area contributed by atoms with Crippen molar-refractivity contribution >= 4 is 31.9 Å². The molecule has 0 bridgehead atoms. The average molecular weight is 304 g/mol. The zero-order valence-electron chi connectivity index (χ0n) is 7.77. The van der Waals surface area contributed by atoms with Crippen LogP contribution < -0.4 is 0 Å². The second kappa shape index (κ2) is 6.35. The molecule has 0 aromatic rings. The van der Waals surface area contributed by atoms with Crippen molar-refractivity contribution in [2.24, 2.45) is 0 Å². The van der Waals surface area contributed by atoms with Crippen molar-refractivity contribution in [2.45, 2.75) is 35.7 Å². The van der Waals surface area contributed by atoms with Gasteiger partial charge < -0.3 is 9.47 Å². The van der Waals surface area contributed by atoms with Gasteiger partial charge in [-0.1, -0.05) is 45.2 Å². The summed E-state index contributed by atoms with van der Waals surface area (Å²) in [6.07, 6.45) is 3.12. The number of unbranched alkanes of at least 4 members (excludes halogenated alkanes) is 1. The molecule has 0 saturated heterocycles.